The van der Waals surface area contributed by atoms with E-state index in [-0.39, 0.29) is 12.0 Å². The molecule has 2 fully saturated rings. The standard InChI is InChI=1S/C15H28N2O3/c1-17(9-10-20-11-12-3-4-12)8-7-14(15(18)19-2)16-13-5-6-13/h12-14,16H,3-11H2,1-2H3. The fraction of sp³-hybridized carbons (Fsp3) is 0.933. The van der Waals surface area contributed by atoms with Crippen LogP contribution >= 0.6 is 0 Å². The van der Waals surface area contributed by atoms with Crippen molar-refractivity contribution < 1.29 is 14.3 Å². The molecule has 1 unspecified atom stereocenters. The quantitative estimate of drug-likeness (QED) is 0.454. The number of hydrogen-bond donors (Lipinski definition) is 1. The maximum Gasteiger partial charge on any atom is 0.322 e. The monoisotopic (exact) mass is 284 g/mol. The van der Waals surface area contributed by atoms with Gasteiger partial charge in [0.25, 0.3) is 0 Å². The van der Waals surface area contributed by atoms with Crippen LogP contribution < -0.4 is 5.32 Å². The summed E-state index contributed by atoms with van der Waals surface area (Å²) in [5, 5.41) is 3.36. The molecule has 5 heteroatoms. The van der Waals surface area contributed by atoms with Crippen LogP contribution in [0, 0.1) is 5.92 Å². The lowest BCUT2D eigenvalue weighted by Crippen LogP contribution is -2.41. The first-order chi connectivity index (χ1) is 9.69. The van der Waals surface area contributed by atoms with E-state index in [2.05, 4.69) is 17.3 Å². The Kier molecular flexibility index (Phi) is 6.26. The van der Waals surface area contributed by atoms with Gasteiger partial charge in [0.05, 0.1) is 13.7 Å². The normalized spacial score (nSPS) is 20.1. The Balaban J connectivity index is 1.55. The molecule has 0 bridgehead atoms. The molecule has 2 rings (SSSR count). The number of carbonyl (C=O) groups excluding carboxylic acids is 1. The van der Waals surface area contributed by atoms with Crippen molar-refractivity contribution in [2.75, 3.05) is 40.5 Å². The van der Waals surface area contributed by atoms with Gasteiger partial charge in [0.1, 0.15) is 6.04 Å². The Morgan fingerprint density at radius 3 is 2.65 bits per heavy atom. The number of esters is 1. The second kappa shape index (κ2) is 7.96. The third kappa shape index (κ3) is 6.20. The molecule has 20 heavy (non-hydrogen) atoms. The highest BCUT2D eigenvalue weighted by Crippen LogP contribution is 2.28. The molecule has 0 aromatic heterocycles. The molecule has 0 aliphatic heterocycles. The Hall–Kier alpha value is -0.650. The zero-order chi connectivity index (χ0) is 14.4. The van der Waals surface area contributed by atoms with Crippen molar-refractivity contribution in [2.24, 2.45) is 5.92 Å². The lowest BCUT2D eigenvalue weighted by Gasteiger charge is -2.21. The zero-order valence-corrected chi connectivity index (χ0v) is 12.8. The number of ether oxygens (including phenoxy) is 2. The minimum atomic E-state index is -0.165. The summed E-state index contributed by atoms with van der Waals surface area (Å²) in [4.78, 5) is 13.9. The van der Waals surface area contributed by atoms with Crippen LogP contribution in [0.1, 0.15) is 32.1 Å². The fourth-order valence-corrected chi connectivity index (χ4v) is 2.16. The number of likely N-dealkylation sites (N-methyl/N-ethyl adjacent to an activating group) is 1. The molecular formula is C15H28N2O3. The van der Waals surface area contributed by atoms with Crippen molar-refractivity contribution in [3.05, 3.63) is 0 Å². The van der Waals surface area contributed by atoms with Crippen LogP contribution in [0.2, 0.25) is 0 Å². The van der Waals surface area contributed by atoms with Gasteiger partial charge in [-0.2, -0.15) is 0 Å². The molecule has 0 radical (unpaired) electrons. The average Bonchev–Trinajstić information content (AvgIpc) is 3.33. The van der Waals surface area contributed by atoms with E-state index in [0.717, 1.165) is 38.6 Å². The first-order valence-electron chi connectivity index (χ1n) is 7.79. The minimum absolute atomic E-state index is 0.143. The predicted octanol–water partition coefficient (Wildman–Crippen LogP) is 1.03. The molecule has 0 spiro atoms. The second-order valence-electron chi connectivity index (χ2n) is 6.13. The smallest absolute Gasteiger partial charge is 0.322 e. The average molecular weight is 284 g/mol. The minimum Gasteiger partial charge on any atom is -0.468 e. The molecule has 2 aliphatic carbocycles. The van der Waals surface area contributed by atoms with Crippen molar-refractivity contribution in [3.63, 3.8) is 0 Å². The van der Waals surface area contributed by atoms with E-state index in [4.69, 9.17) is 9.47 Å². The van der Waals surface area contributed by atoms with Crippen LogP contribution in [0.4, 0.5) is 0 Å². The fourth-order valence-electron chi connectivity index (χ4n) is 2.16. The third-order valence-electron chi connectivity index (χ3n) is 3.97. The highest BCUT2D eigenvalue weighted by atomic mass is 16.5. The Morgan fingerprint density at radius 2 is 2.05 bits per heavy atom. The molecule has 1 atom stereocenters. The Bertz CT molecular complexity index is 303. The molecule has 0 saturated heterocycles. The van der Waals surface area contributed by atoms with Gasteiger partial charge in [-0.15, -0.1) is 0 Å². The number of nitrogens with one attached hydrogen (secondary N) is 1. The highest BCUT2D eigenvalue weighted by molar-refractivity contribution is 5.75. The van der Waals surface area contributed by atoms with Crippen molar-refractivity contribution >= 4 is 5.97 Å². The van der Waals surface area contributed by atoms with Gasteiger partial charge in [-0.1, -0.05) is 0 Å². The lowest BCUT2D eigenvalue weighted by atomic mass is 10.2. The van der Waals surface area contributed by atoms with E-state index in [1.165, 1.54) is 32.8 Å². The molecule has 2 aliphatic rings. The highest BCUT2D eigenvalue weighted by Gasteiger charge is 2.28. The molecule has 1 N–H and O–H groups in total. The summed E-state index contributed by atoms with van der Waals surface area (Å²) in [7, 11) is 3.53. The van der Waals surface area contributed by atoms with Gasteiger partial charge < -0.3 is 19.7 Å². The second-order valence-corrected chi connectivity index (χ2v) is 6.13. The molecular weight excluding hydrogens is 256 g/mol. The Labute approximate surface area is 122 Å². The van der Waals surface area contributed by atoms with Gasteiger partial charge in [-0.25, -0.2) is 0 Å². The molecule has 0 heterocycles. The van der Waals surface area contributed by atoms with E-state index in [1.807, 2.05) is 0 Å². The van der Waals surface area contributed by atoms with Gasteiger partial charge in [-0.3, -0.25) is 4.79 Å². The van der Waals surface area contributed by atoms with Gasteiger partial charge in [0.15, 0.2) is 0 Å². The third-order valence-corrected chi connectivity index (χ3v) is 3.97. The Morgan fingerprint density at radius 1 is 1.30 bits per heavy atom. The number of carbonyl (C=O) groups is 1. The number of rotatable bonds is 11. The number of hydrogen-bond acceptors (Lipinski definition) is 5. The van der Waals surface area contributed by atoms with E-state index in [1.54, 1.807) is 0 Å². The largest absolute Gasteiger partial charge is 0.468 e. The van der Waals surface area contributed by atoms with E-state index in [0.29, 0.717) is 6.04 Å². The molecule has 2 saturated carbocycles. The van der Waals surface area contributed by atoms with Crippen molar-refractivity contribution in [1.29, 1.82) is 0 Å². The van der Waals surface area contributed by atoms with Crippen LogP contribution in [0.5, 0.6) is 0 Å². The predicted molar refractivity (Wildman–Crippen MR) is 77.6 cm³/mol. The van der Waals surface area contributed by atoms with Crippen LogP contribution in [-0.2, 0) is 14.3 Å². The SMILES string of the molecule is COC(=O)C(CCN(C)CCOCC1CC1)NC1CC1. The summed E-state index contributed by atoms with van der Waals surface area (Å²) in [6.45, 7) is 3.50. The van der Waals surface area contributed by atoms with Gasteiger partial charge >= 0.3 is 5.97 Å². The summed E-state index contributed by atoms with van der Waals surface area (Å²) in [5.74, 6) is 0.682. The first-order valence-corrected chi connectivity index (χ1v) is 7.79. The van der Waals surface area contributed by atoms with Gasteiger partial charge in [-0.05, 0) is 51.6 Å². The topological polar surface area (TPSA) is 50.8 Å². The molecule has 5 nitrogen and oxygen atoms in total. The van der Waals surface area contributed by atoms with E-state index >= 15 is 0 Å². The maximum absolute atomic E-state index is 11.7. The molecule has 0 aromatic rings. The van der Waals surface area contributed by atoms with Crippen LogP contribution in [0.25, 0.3) is 0 Å². The summed E-state index contributed by atoms with van der Waals surface area (Å²) in [6.07, 6.45) is 5.83. The summed E-state index contributed by atoms with van der Waals surface area (Å²) < 4.78 is 10.5. The summed E-state index contributed by atoms with van der Waals surface area (Å²) >= 11 is 0. The van der Waals surface area contributed by atoms with Gasteiger partial charge in [0.2, 0.25) is 0 Å². The lowest BCUT2D eigenvalue weighted by molar-refractivity contribution is -0.143. The van der Waals surface area contributed by atoms with Crippen LogP contribution in [-0.4, -0.2) is 63.4 Å². The molecule has 0 amide bonds. The number of nitrogens with zero attached hydrogens (tertiary/aromatic N) is 1. The van der Waals surface area contributed by atoms with E-state index < -0.39 is 0 Å². The summed E-state index contributed by atoms with van der Waals surface area (Å²) in [5.41, 5.74) is 0. The van der Waals surface area contributed by atoms with Crippen LogP contribution in [0.15, 0.2) is 0 Å². The summed E-state index contributed by atoms with van der Waals surface area (Å²) in [6, 6.07) is 0.355. The zero-order valence-electron chi connectivity index (χ0n) is 12.8. The number of methoxy groups -OCH3 is 1. The van der Waals surface area contributed by atoms with E-state index in [9.17, 15) is 4.79 Å². The molecule has 0 aromatic carbocycles. The van der Waals surface area contributed by atoms with Crippen molar-refractivity contribution in [1.82, 2.24) is 10.2 Å². The van der Waals surface area contributed by atoms with Crippen LogP contribution in [0.3, 0.4) is 0 Å². The van der Waals surface area contributed by atoms with Crippen molar-refractivity contribution in [3.8, 4) is 0 Å². The van der Waals surface area contributed by atoms with Crippen molar-refractivity contribution in [2.45, 2.75) is 44.2 Å². The molecule has 116 valence electrons. The first kappa shape index (κ1) is 15.7. The van der Waals surface area contributed by atoms with Gasteiger partial charge in [0, 0.05) is 19.2 Å². The maximum atomic E-state index is 11.7.